The normalized spacial score (nSPS) is 18.4. The summed E-state index contributed by atoms with van der Waals surface area (Å²) in [6.07, 6.45) is 9.15. The zero-order chi connectivity index (χ0) is 16.8. The maximum atomic E-state index is 9.55. The number of hydrogen-bond acceptors (Lipinski definition) is 4. The zero-order valence-corrected chi connectivity index (χ0v) is 13.6. The first kappa shape index (κ1) is 14.6. The third-order valence-corrected chi connectivity index (χ3v) is 4.39. The van der Waals surface area contributed by atoms with E-state index < -0.39 is 0 Å². The van der Waals surface area contributed by atoms with Gasteiger partial charge in [0.15, 0.2) is 0 Å². The summed E-state index contributed by atoms with van der Waals surface area (Å²) in [5.41, 5.74) is 9.85. The van der Waals surface area contributed by atoms with Gasteiger partial charge in [0.05, 0.1) is 16.3 Å². The van der Waals surface area contributed by atoms with Crippen LogP contribution in [0.15, 0.2) is 48.2 Å². The molecule has 2 aliphatic rings. The van der Waals surface area contributed by atoms with Gasteiger partial charge in [-0.05, 0) is 36.8 Å². The predicted molar refractivity (Wildman–Crippen MR) is 91.9 cm³/mol. The summed E-state index contributed by atoms with van der Waals surface area (Å²) in [5.74, 6) is 1.67. The molecule has 118 valence electrons. The van der Waals surface area contributed by atoms with Crippen molar-refractivity contribution in [3.05, 3.63) is 75.6 Å². The van der Waals surface area contributed by atoms with E-state index in [4.69, 9.17) is 22.1 Å². The molecule has 0 bridgehead atoms. The average Bonchev–Trinajstić information content (AvgIpc) is 2.90. The summed E-state index contributed by atoms with van der Waals surface area (Å²) >= 11 is 6.10. The van der Waals surface area contributed by atoms with Gasteiger partial charge in [0.1, 0.15) is 23.4 Å². The highest BCUT2D eigenvalue weighted by Gasteiger charge is 2.33. The number of fused-ring (bicyclic) bond motifs is 3. The van der Waals surface area contributed by atoms with E-state index >= 15 is 0 Å². The summed E-state index contributed by atoms with van der Waals surface area (Å²) < 4.78 is 5.87. The second-order valence-corrected chi connectivity index (χ2v) is 6.16. The summed E-state index contributed by atoms with van der Waals surface area (Å²) in [5, 5.41) is 10.1. The molecule has 1 aliphatic carbocycles. The van der Waals surface area contributed by atoms with Crippen molar-refractivity contribution in [2.75, 3.05) is 5.73 Å². The number of aromatic nitrogens is 2. The van der Waals surface area contributed by atoms with Gasteiger partial charge in [0.2, 0.25) is 0 Å². The van der Waals surface area contributed by atoms with Gasteiger partial charge in [-0.1, -0.05) is 11.6 Å². The SMILES string of the molecule is CC1=CC=C2C(=CC(c3cncc(Cl)c3)c3c2[nH]c(N)c3C#N)O1. The number of nitrogen functional groups attached to an aromatic ring is 1. The Kier molecular flexibility index (Phi) is 3.22. The van der Waals surface area contributed by atoms with E-state index in [0.29, 0.717) is 16.4 Å². The minimum atomic E-state index is -0.215. The van der Waals surface area contributed by atoms with Crippen LogP contribution in [-0.2, 0) is 4.74 Å². The molecule has 1 unspecified atom stereocenters. The van der Waals surface area contributed by atoms with Crippen LogP contribution in [0.25, 0.3) is 5.57 Å². The summed E-state index contributed by atoms with van der Waals surface area (Å²) in [4.78, 5) is 7.29. The van der Waals surface area contributed by atoms with Gasteiger partial charge in [-0.3, -0.25) is 4.98 Å². The van der Waals surface area contributed by atoms with Crippen LogP contribution >= 0.6 is 11.6 Å². The second-order valence-electron chi connectivity index (χ2n) is 5.72. The topological polar surface area (TPSA) is 87.7 Å². The number of anilines is 1. The number of aromatic amines is 1. The lowest BCUT2D eigenvalue weighted by molar-refractivity contribution is 0.319. The quantitative estimate of drug-likeness (QED) is 0.827. The predicted octanol–water partition coefficient (Wildman–Crippen LogP) is 3.86. The number of hydrogen-bond donors (Lipinski definition) is 2. The first-order chi connectivity index (χ1) is 11.6. The summed E-state index contributed by atoms with van der Waals surface area (Å²) in [6, 6.07) is 4.04. The molecular weight excluding hydrogens is 324 g/mol. The van der Waals surface area contributed by atoms with Gasteiger partial charge in [-0.25, -0.2) is 0 Å². The van der Waals surface area contributed by atoms with Crippen LogP contribution in [0.3, 0.4) is 0 Å². The Morgan fingerprint density at radius 1 is 1.38 bits per heavy atom. The largest absolute Gasteiger partial charge is 0.462 e. The Morgan fingerprint density at radius 2 is 2.21 bits per heavy atom. The minimum Gasteiger partial charge on any atom is -0.462 e. The Balaban J connectivity index is 2.00. The summed E-state index contributed by atoms with van der Waals surface area (Å²) in [7, 11) is 0. The number of ether oxygens (including phenoxy) is 1. The molecule has 4 rings (SSSR count). The number of nitrogens with two attached hydrogens (primary N) is 1. The monoisotopic (exact) mass is 336 g/mol. The molecule has 1 atom stereocenters. The lowest BCUT2D eigenvalue weighted by Gasteiger charge is -2.26. The van der Waals surface area contributed by atoms with E-state index in [-0.39, 0.29) is 5.92 Å². The van der Waals surface area contributed by atoms with E-state index in [1.54, 1.807) is 12.4 Å². The molecule has 2 aromatic rings. The first-order valence-corrected chi connectivity index (χ1v) is 7.77. The second kappa shape index (κ2) is 5.29. The molecule has 3 heterocycles. The number of nitrogens with zero attached hydrogens (tertiary/aromatic N) is 2. The number of nitriles is 1. The molecule has 0 fully saturated rings. The van der Waals surface area contributed by atoms with E-state index in [1.165, 1.54) is 0 Å². The van der Waals surface area contributed by atoms with Crippen LogP contribution in [0.4, 0.5) is 5.82 Å². The molecule has 0 spiro atoms. The Hall–Kier alpha value is -2.97. The van der Waals surface area contributed by atoms with Gasteiger partial charge < -0.3 is 15.5 Å². The fourth-order valence-corrected chi connectivity index (χ4v) is 3.33. The van der Waals surface area contributed by atoms with E-state index in [0.717, 1.165) is 33.9 Å². The number of halogens is 1. The van der Waals surface area contributed by atoms with Gasteiger partial charge in [-0.2, -0.15) is 5.26 Å². The maximum Gasteiger partial charge on any atom is 0.133 e. The van der Waals surface area contributed by atoms with Crippen molar-refractivity contribution in [1.29, 1.82) is 5.26 Å². The van der Waals surface area contributed by atoms with Crippen LogP contribution < -0.4 is 5.73 Å². The highest BCUT2D eigenvalue weighted by molar-refractivity contribution is 6.30. The van der Waals surface area contributed by atoms with Crippen molar-refractivity contribution in [2.45, 2.75) is 12.8 Å². The van der Waals surface area contributed by atoms with Crippen LogP contribution in [0.1, 0.15) is 35.2 Å². The van der Waals surface area contributed by atoms with Crippen molar-refractivity contribution < 1.29 is 4.74 Å². The average molecular weight is 337 g/mol. The first-order valence-electron chi connectivity index (χ1n) is 7.39. The number of H-pyrrole nitrogens is 1. The molecule has 0 radical (unpaired) electrons. The summed E-state index contributed by atoms with van der Waals surface area (Å²) in [6.45, 7) is 1.89. The molecule has 0 saturated heterocycles. The molecule has 24 heavy (non-hydrogen) atoms. The van der Waals surface area contributed by atoms with Crippen LogP contribution in [0, 0.1) is 11.3 Å². The van der Waals surface area contributed by atoms with Crippen molar-refractivity contribution >= 4 is 23.0 Å². The standard InChI is InChI=1S/C18H13ClN4O/c1-9-2-3-12-15(24-9)5-13(10-4-11(19)8-22-7-10)16-14(6-20)18(21)23-17(12)16/h2-5,7-8,13,23H,21H2,1H3. The third kappa shape index (κ3) is 2.12. The Labute approximate surface area is 143 Å². The van der Waals surface area contributed by atoms with Gasteiger partial charge in [0, 0.05) is 29.4 Å². The van der Waals surface area contributed by atoms with Gasteiger partial charge in [-0.15, -0.1) is 0 Å². The number of pyridine rings is 1. The van der Waals surface area contributed by atoms with E-state index in [2.05, 4.69) is 16.0 Å². The molecule has 0 saturated carbocycles. The van der Waals surface area contributed by atoms with Gasteiger partial charge in [0.25, 0.3) is 0 Å². The maximum absolute atomic E-state index is 9.55. The number of rotatable bonds is 1. The third-order valence-electron chi connectivity index (χ3n) is 4.18. The van der Waals surface area contributed by atoms with Crippen molar-refractivity contribution in [3.63, 3.8) is 0 Å². The molecule has 6 heteroatoms. The van der Waals surface area contributed by atoms with Gasteiger partial charge >= 0.3 is 0 Å². The van der Waals surface area contributed by atoms with Crippen LogP contribution in [0.2, 0.25) is 5.02 Å². The number of nitrogens with one attached hydrogen (secondary N) is 1. The molecule has 5 nitrogen and oxygen atoms in total. The van der Waals surface area contributed by atoms with Crippen molar-refractivity contribution in [2.24, 2.45) is 0 Å². The molecule has 0 aromatic carbocycles. The molecule has 2 aromatic heterocycles. The van der Waals surface area contributed by atoms with Crippen LogP contribution in [-0.4, -0.2) is 9.97 Å². The van der Waals surface area contributed by atoms with E-state index in [1.807, 2.05) is 31.2 Å². The van der Waals surface area contributed by atoms with E-state index in [9.17, 15) is 5.26 Å². The van der Waals surface area contributed by atoms with Crippen LogP contribution in [0.5, 0.6) is 0 Å². The smallest absolute Gasteiger partial charge is 0.133 e. The molecule has 3 N–H and O–H groups in total. The molecular formula is C18H13ClN4O. The van der Waals surface area contributed by atoms with Crippen molar-refractivity contribution in [1.82, 2.24) is 9.97 Å². The lowest BCUT2D eigenvalue weighted by Crippen LogP contribution is -2.13. The lowest BCUT2D eigenvalue weighted by atomic mass is 9.82. The minimum absolute atomic E-state index is 0.215. The Bertz CT molecular complexity index is 991. The zero-order valence-electron chi connectivity index (χ0n) is 12.8. The fraction of sp³-hybridized carbons (Fsp3) is 0.111. The Morgan fingerprint density at radius 3 is 2.96 bits per heavy atom. The fourth-order valence-electron chi connectivity index (χ4n) is 3.15. The highest BCUT2D eigenvalue weighted by Crippen LogP contribution is 2.45. The van der Waals surface area contributed by atoms with Crippen molar-refractivity contribution in [3.8, 4) is 6.07 Å². The number of allylic oxidation sites excluding steroid dienone is 5. The molecule has 1 aliphatic heterocycles. The highest BCUT2D eigenvalue weighted by atomic mass is 35.5. The molecule has 0 amide bonds.